The molecule has 0 saturated heterocycles. The Morgan fingerprint density at radius 3 is 1.04 bits per heavy atom. The molecule has 1 nitrogen and oxygen atoms in total. The highest BCUT2D eigenvalue weighted by atomic mass is 15.0. The van der Waals surface area contributed by atoms with Gasteiger partial charge in [-0.3, -0.25) is 0 Å². The second-order valence-electron chi connectivity index (χ2n) is 14.8. The minimum atomic E-state index is 1.23. The lowest BCUT2D eigenvalue weighted by Gasteiger charge is -2.11. The summed E-state index contributed by atoms with van der Waals surface area (Å²) in [4.78, 5) is 0. The molecule has 0 saturated carbocycles. The van der Waals surface area contributed by atoms with Crippen LogP contribution >= 0.6 is 0 Å². The third-order valence-corrected chi connectivity index (χ3v) is 10.4. The number of unbranched alkanes of at least 4 members (excludes halogenated alkanes) is 30. The first kappa shape index (κ1) is 42.2. The molecule has 0 bridgehead atoms. The normalized spacial score (nSPS) is 11.5. The van der Waals surface area contributed by atoms with E-state index in [0.29, 0.717) is 0 Å². The third kappa shape index (κ3) is 26.9. The van der Waals surface area contributed by atoms with Crippen molar-refractivity contribution in [2.45, 2.75) is 252 Å². The highest BCUT2D eigenvalue weighted by Crippen LogP contribution is 2.18. The summed E-state index contributed by atoms with van der Waals surface area (Å²) in [5.74, 6) is 0. The molecule has 0 fully saturated rings. The van der Waals surface area contributed by atoms with E-state index >= 15 is 0 Å². The molecule has 1 aromatic heterocycles. The van der Waals surface area contributed by atoms with E-state index in [-0.39, 0.29) is 0 Å². The van der Waals surface area contributed by atoms with Gasteiger partial charge in [-0.05, 0) is 31.7 Å². The Kier molecular flexibility index (Phi) is 32.3. The predicted octanol–water partition coefficient (Wildman–Crippen LogP) is 15.0. The third-order valence-electron chi connectivity index (χ3n) is 10.4. The van der Waals surface area contributed by atoms with Gasteiger partial charge in [-0.2, -0.15) is 0 Å². The van der Waals surface area contributed by atoms with Crippen molar-refractivity contribution >= 4 is 0 Å². The van der Waals surface area contributed by atoms with Crippen LogP contribution in [-0.4, -0.2) is 0 Å². The summed E-state index contributed by atoms with van der Waals surface area (Å²) in [5, 5.41) is 0. The SMILES string of the molecule is CCCCCCCCCCCCCc1ccc[n+](CCCCCCCCCCCCC)c1CCCCCCCCCCCCC. The van der Waals surface area contributed by atoms with Crippen LogP contribution in [0.5, 0.6) is 0 Å². The van der Waals surface area contributed by atoms with Crippen molar-refractivity contribution in [3.8, 4) is 0 Å². The zero-order valence-electron chi connectivity index (χ0n) is 31.6. The highest BCUT2D eigenvalue weighted by Gasteiger charge is 2.15. The van der Waals surface area contributed by atoms with Crippen molar-refractivity contribution < 1.29 is 4.57 Å². The zero-order valence-corrected chi connectivity index (χ0v) is 31.6. The molecule has 1 heterocycles. The highest BCUT2D eigenvalue weighted by molar-refractivity contribution is 5.16. The van der Waals surface area contributed by atoms with Gasteiger partial charge in [0.15, 0.2) is 11.9 Å². The minimum Gasteiger partial charge on any atom is -0.202 e. The van der Waals surface area contributed by atoms with Gasteiger partial charge in [-0.25, -0.2) is 4.57 Å². The number of aromatic nitrogens is 1. The Balaban J connectivity index is 2.39. The monoisotopic (exact) mass is 627 g/mol. The molecule has 0 aromatic carbocycles. The molecular formula is C44H84N+. The van der Waals surface area contributed by atoms with Gasteiger partial charge in [0.25, 0.3) is 0 Å². The van der Waals surface area contributed by atoms with E-state index in [1.165, 1.54) is 231 Å². The maximum Gasteiger partial charge on any atom is 0.184 e. The second-order valence-corrected chi connectivity index (χ2v) is 14.8. The number of rotatable bonds is 36. The van der Waals surface area contributed by atoms with Gasteiger partial charge in [0, 0.05) is 24.5 Å². The molecule has 45 heavy (non-hydrogen) atoms. The Hall–Kier alpha value is -0.850. The van der Waals surface area contributed by atoms with E-state index in [1.54, 1.807) is 11.3 Å². The zero-order chi connectivity index (χ0) is 32.3. The van der Waals surface area contributed by atoms with Crippen LogP contribution in [0.2, 0.25) is 0 Å². The molecular weight excluding hydrogens is 542 g/mol. The number of hydrogen-bond acceptors (Lipinski definition) is 0. The van der Waals surface area contributed by atoms with Gasteiger partial charge >= 0.3 is 0 Å². The summed E-state index contributed by atoms with van der Waals surface area (Å²) in [6.07, 6.45) is 52.3. The van der Waals surface area contributed by atoms with Crippen LogP contribution in [0.4, 0.5) is 0 Å². The molecule has 264 valence electrons. The Bertz CT molecular complexity index is 665. The lowest BCUT2D eigenvalue weighted by Crippen LogP contribution is -2.39. The van der Waals surface area contributed by atoms with E-state index in [1.807, 2.05) is 0 Å². The van der Waals surface area contributed by atoms with Crippen molar-refractivity contribution in [3.05, 3.63) is 29.6 Å². The maximum absolute atomic E-state index is 2.68. The average molecular weight is 627 g/mol. The minimum absolute atomic E-state index is 1.23. The van der Waals surface area contributed by atoms with Crippen molar-refractivity contribution in [3.63, 3.8) is 0 Å². The molecule has 0 radical (unpaired) electrons. The van der Waals surface area contributed by atoms with Gasteiger partial charge in [0.05, 0.1) is 0 Å². The van der Waals surface area contributed by atoms with Crippen molar-refractivity contribution in [1.82, 2.24) is 0 Å². The fourth-order valence-electron chi connectivity index (χ4n) is 7.26. The molecule has 1 heteroatoms. The summed E-state index contributed by atoms with van der Waals surface area (Å²) >= 11 is 0. The van der Waals surface area contributed by atoms with Gasteiger partial charge in [-0.1, -0.05) is 207 Å². The Morgan fingerprint density at radius 2 is 0.667 bits per heavy atom. The molecule has 1 aromatic rings. The van der Waals surface area contributed by atoms with Crippen LogP contribution in [0.1, 0.15) is 244 Å². The van der Waals surface area contributed by atoms with Gasteiger partial charge in [0.1, 0.15) is 6.54 Å². The number of aryl methyl sites for hydroxylation is 2. The average Bonchev–Trinajstić information content (AvgIpc) is 3.05. The number of pyridine rings is 1. The van der Waals surface area contributed by atoms with Crippen LogP contribution in [0.3, 0.4) is 0 Å². The summed E-state index contributed by atoms with van der Waals surface area (Å²) in [5.41, 5.74) is 3.36. The summed E-state index contributed by atoms with van der Waals surface area (Å²) in [6, 6.07) is 4.83. The van der Waals surface area contributed by atoms with E-state index < -0.39 is 0 Å². The van der Waals surface area contributed by atoms with Crippen molar-refractivity contribution in [2.75, 3.05) is 0 Å². The molecule has 0 spiro atoms. The largest absolute Gasteiger partial charge is 0.202 e. The molecule has 1 rings (SSSR count). The topological polar surface area (TPSA) is 3.88 Å². The van der Waals surface area contributed by atoms with E-state index in [2.05, 4.69) is 43.7 Å². The molecule has 0 aliphatic heterocycles. The molecule has 0 amide bonds. The van der Waals surface area contributed by atoms with Crippen LogP contribution in [0.15, 0.2) is 18.3 Å². The van der Waals surface area contributed by atoms with Crippen molar-refractivity contribution in [2.24, 2.45) is 0 Å². The fourth-order valence-corrected chi connectivity index (χ4v) is 7.26. The van der Waals surface area contributed by atoms with Crippen LogP contribution in [0.25, 0.3) is 0 Å². The first-order chi connectivity index (χ1) is 22.3. The summed E-state index contributed by atoms with van der Waals surface area (Å²) in [7, 11) is 0. The van der Waals surface area contributed by atoms with Gasteiger partial charge < -0.3 is 0 Å². The summed E-state index contributed by atoms with van der Waals surface area (Å²) < 4.78 is 2.68. The predicted molar refractivity (Wildman–Crippen MR) is 203 cm³/mol. The molecule has 0 N–H and O–H groups in total. The smallest absolute Gasteiger partial charge is 0.184 e. The van der Waals surface area contributed by atoms with Crippen LogP contribution < -0.4 is 4.57 Å². The van der Waals surface area contributed by atoms with Crippen LogP contribution in [0, 0.1) is 0 Å². The van der Waals surface area contributed by atoms with E-state index in [4.69, 9.17) is 0 Å². The van der Waals surface area contributed by atoms with Crippen molar-refractivity contribution in [1.29, 1.82) is 0 Å². The summed E-state index contributed by atoms with van der Waals surface area (Å²) in [6.45, 7) is 8.18. The Morgan fingerprint density at radius 1 is 0.356 bits per heavy atom. The quantitative estimate of drug-likeness (QED) is 0.0515. The lowest BCUT2D eigenvalue weighted by molar-refractivity contribution is -0.705. The molecule has 0 aliphatic carbocycles. The lowest BCUT2D eigenvalue weighted by atomic mass is 9.99. The first-order valence-corrected chi connectivity index (χ1v) is 21.3. The van der Waals surface area contributed by atoms with Gasteiger partial charge in [-0.15, -0.1) is 0 Å². The molecule has 0 unspecified atom stereocenters. The van der Waals surface area contributed by atoms with E-state index in [9.17, 15) is 0 Å². The Labute approximate surface area is 285 Å². The van der Waals surface area contributed by atoms with Gasteiger partial charge in [0.2, 0.25) is 0 Å². The van der Waals surface area contributed by atoms with Crippen LogP contribution in [-0.2, 0) is 19.4 Å². The maximum atomic E-state index is 2.68. The first-order valence-electron chi connectivity index (χ1n) is 21.3. The number of nitrogens with zero attached hydrogens (tertiary/aromatic N) is 1. The fraction of sp³-hybridized carbons (Fsp3) is 0.886. The standard InChI is InChI=1S/C44H84N/c1-4-7-10-13-16-19-22-25-28-31-34-38-43-39-37-42-45(41-36-33-30-27-24-21-18-15-12-9-6-3)44(43)40-35-32-29-26-23-20-17-14-11-8-5-2/h37,39,42H,4-36,38,40-41H2,1-3H3/q+1. The second kappa shape index (κ2) is 34.5. The number of hydrogen-bond donors (Lipinski definition) is 0. The molecule has 0 atom stereocenters. The van der Waals surface area contributed by atoms with E-state index in [0.717, 1.165) is 0 Å². The molecule has 0 aliphatic rings.